The molecule has 2 N–H and O–H groups in total. The van der Waals surface area contributed by atoms with Crippen LogP contribution in [0, 0.1) is 0 Å². The van der Waals surface area contributed by atoms with Crippen LogP contribution in [0.3, 0.4) is 0 Å². The van der Waals surface area contributed by atoms with Crippen molar-refractivity contribution in [3.63, 3.8) is 0 Å². The molecule has 5 rings (SSSR count). The van der Waals surface area contributed by atoms with E-state index < -0.39 is 11.2 Å². The topological polar surface area (TPSA) is 97.8 Å². The smallest absolute Gasteiger partial charge is 0.334 e. The Morgan fingerprint density at radius 1 is 0.872 bits per heavy atom. The Bertz CT molecular complexity index is 1410. The summed E-state index contributed by atoms with van der Waals surface area (Å²) in [7, 11) is 1.61. The van der Waals surface area contributed by atoms with E-state index in [2.05, 4.69) is 5.32 Å². The van der Waals surface area contributed by atoms with Crippen molar-refractivity contribution in [1.29, 1.82) is 0 Å². The fourth-order valence-corrected chi connectivity index (χ4v) is 6.00. The molecule has 0 bridgehead atoms. The molecule has 0 unspecified atom stereocenters. The van der Waals surface area contributed by atoms with Gasteiger partial charge in [-0.15, -0.1) is 0 Å². The van der Waals surface area contributed by atoms with Crippen LogP contribution in [0.15, 0.2) is 69.2 Å². The van der Waals surface area contributed by atoms with E-state index in [1.54, 1.807) is 7.11 Å². The zero-order valence-electron chi connectivity index (χ0n) is 22.6. The summed E-state index contributed by atoms with van der Waals surface area (Å²) in [5, 5.41) is 15.0. The summed E-state index contributed by atoms with van der Waals surface area (Å²) >= 11 is 0. The van der Waals surface area contributed by atoms with Crippen LogP contribution in [-0.2, 0) is 6.54 Å². The standard InChI is InChI=1S/C31H38N4O4/c1-39-26-20-12-11-13-22(26)21-32-28(33-23-14-5-2-6-15-23)27-29(36)34(24-16-7-3-8-17-24)31(38)35(30(27)37)25-18-9-4-10-19-25/h2,5-6,11-15,20,24-25,36H,3-4,7-10,16-19,21H2,1H3,(H,32,33). The highest BCUT2D eigenvalue weighted by molar-refractivity contribution is 6.09. The van der Waals surface area contributed by atoms with E-state index in [-0.39, 0.29) is 35.9 Å². The number of nitrogens with one attached hydrogen (secondary N) is 1. The molecule has 1 aromatic heterocycles. The van der Waals surface area contributed by atoms with Crippen LogP contribution in [0.2, 0.25) is 0 Å². The first-order chi connectivity index (χ1) is 19.1. The van der Waals surface area contributed by atoms with Crippen molar-refractivity contribution >= 4 is 11.5 Å². The minimum Gasteiger partial charge on any atom is -0.496 e. The van der Waals surface area contributed by atoms with Gasteiger partial charge in [-0.1, -0.05) is 74.9 Å². The van der Waals surface area contributed by atoms with Gasteiger partial charge in [0.15, 0.2) is 0 Å². The quantitative estimate of drug-likeness (QED) is 0.298. The molecule has 8 nitrogen and oxygen atoms in total. The first-order valence-electron chi connectivity index (χ1n) is 14.2. The fourth-order valence-electron chi connectivity index (χ4n) is 6.00. The van der Waals surface area contributed by atoms with E-state index in [1.807, 2.05) is 54.6 Å². The molecule has 0 atom stereocenters. The number of hydrogen-bond donors (Lipinski definition) is 2. The molecular formula is C31H38N4O4. The minimum absolute atomic E-state index is 0.0458. The monoisotopic (exact) mass is 530 g/mol. The third-order valence-corrected chi connectivity index (χ3v) is 8.05. The van der Waals surface area contributed by atoms with Crippen molar-refractivity contribution < 1.29 is 9.84 Å². The highest BCUT2D eigenvalue weighted by Gasteiger charge is 2.31. The Hall–Kier alpha value is -3.81. The molecule has 8 heteroatoms. The number of rotatable bonds is 7. The number of para-hydroxylation sites is 2. The summed E-state index contributed by atoms with van der Waals surface area (Å²) in [6, 6.07) is 16.7. The summed E-state index contributed by atoms with van der Waals surface area (Å²) < 4.78 is 8.40. The van der Waals surface area contributed by atoms with Crippen molar-refractivity contribution in [2.75, 3.05) is 12.4 Å². The van der Waals surface area contributed by atoms with Crippen LogP contribution in [0.25, 0.3) is 0 Å². The average molecular weight is 531 g/mol. The summed E-state index contributed by atoms with van der Waals surface area (Å²) in [5.41, 5.74) is 0.738. The predicted octanol–water partition coefficient (Wildman–Crippen LogP) is 5.79. The van der Waals surface area contributed by atoms with Gasteiger partial charge in [0.2, 0.25) is 5.88 Å². The number of aromatic nitrogens is 2. The second-order valence-corrected chi connectivity index (χ2v) is 10.6. The molecule has 39 heavy (non-hydrogen) atoms. The Morgan fingerprint density at radius 3 is 2.10 bits per heavy atom. The van der Waals surface area contributed by atoms with Gasteiger partial charge in [-0.05, 0) is 43.9 Å². The third kappa shape index (κ3) is 5.79. The molecule has 0 amide bonds. The van der Waals surface area contributed by atoms with Crippen LogP contribution in [0.5, 0.6) is 11.6 Å². The zero-order valence-corrected chi connectivity index (χ0v) is 22.6. The second kappa shape index (κ2) is 12.4. The number of ether oxygens (including phenoxy) is 1. The van der Waals surface area contributed by atoms with Gasteiger partial charge in [-0.25, -0.2) is 4.79 Å². The number of amidine groups is 1. The number of methoxy groups -OCH3 is 1. The molecule has 2 aromatic carbocycles. The number of nitrogens with zero attached hydrogens (tertiary/aromatic N) is 3. The van der Waals surface area contributed by atoms with Crippen LogP contribution in [-0.4, -0.2) is 27.2 Å². The maximum atomic E-state index is 14.2. The molecule has 2 aliphatic carbocycles. The number of hydrogen-bond acceptors (Lipinski definition) is 5. The normalized spacial score (nSPS) is 17.2. The van der Waals surface area contributed by atoms with E-state index >= 15 is 0 Å². The van der Waals surface area contributed by atoms with Gasteiger partial charge in [0, 0.05) is 23.3 Å². The third-order valence-electron chi connectivity index (χ3n) is 8.05. The largest absolute Gasteiger partial charge is 0.496 e. The van der Waals surface area contributed by atoms with E-state index in [0.717, 1.165) is 75.5 Å². The van der Waals surface area contributed by atoms with Crippen LogP contribution < -0.4 is 21.3 Å². The molecular weight excluding hydrogens is 492 g/mol. The first-order valence-corrected chi connectivity index (χ1v) is 14.2. The molecule has 0 saturated heterocycles. The van der Waals surface area contributed by atoms with E-state index in [0.29, 0.717) is 5.75 Å². The molecule has 0 radical (unpaired) electrons. The Labute approximate surface area is 229 Å². The number of benzene rings is 2. The molecule has 2 saturated carbocycles. The predicted molar refractivity (Wildman–Crippen MR) is 154 cm³/mol. The lowest BCUT2D eigenvalue weighted by molar-refractivity contribution is 0.271. The SMILES string of the molecule is COc1ccccc1CN=C(Nc1ccccc1)c1c(O)n(C2CCCCC2)c(=O)n(C2CCCCC2)c1=O. The number of aromatic hydroxyl groups is 1. The van der Waals surface area contributed by atoms with Gasteiger partial charge in [0.05, 0.1) is 13.7 Å². The van der Waals surface area contributed by atoms with Gasteiger partial charge in [-0.2, -0.15) is 0 Å². The molecule has 3 aromatic rings. The van der Waals surface area contributed by atoms with Crippen molar-refractivity contribution in [2.45, 2.75) is 82.8 Å². The maximum Gasteiger partial charge on any atom is 0.334 e. The summed E-state index contributed by atoms with van der Waals surface area (Å²) in [4.78, 5) is 32.9. The summed E-state index contributed by atoms with van der Waals surface area (Å²) in [5.74, 6) is 0.631. The van der Waals surface area contributed by atoms with Crippen molar-refractivity contribution in [3.8, 4) is 11.6 Å². The summed E-state index contributed by atoms with van der Waals surface area (Å²) in [6.45, 7) is 0.226. The van der Waals surface area contributed by atoms with Gasteiger partial charge in [-0.3, -0.25) is 18.9 Å². The van der Waals surface area contributed by atoms with Gasteiger partial charge in [0.1, 0.15) is 17.1 Å². The Balaban J connectivity index is 1.69. The zero-order chi connectivity index (χ0) is 27.2. The second-order valence-electron chi connectivity index (χ2n) is 10.6. The van der Waals surface area contributed by atoms with Gasteiger partial charge in [0.25, 0.3) is 5.56 Å². The molecule has 2 fully saturated rings. The van der Waals surface area contributed by atoms with E-state index in [1.165, 1.54) is 9.13 Å². The summed E-state index contributed by atoms with van der Waals surface area (Å²) in [6.07, 6.45) is 9.33. The lowest BCUT2D eigenvalue weighted by Crippen LogP contribution is -2.47. The minimum atomic E-state index is -0.487. The van der Waals surface area contributed by atoms with Crippen molar-refractivity contribution in [1.82, 2.24) is 9.13 Å². The fraction of sp³-hybridized carbons (Fsp3) is 0.452. The van der Waals surface area contributed by atoms with Crippen LogP contribution >= 0.6 is 0 Å². The molecule has 2 aliphatic rings. The Kier molecular flexibility index (Phi) is 8.49. The number of aliphatic imine (C=N–C) groups is 1. The van der Waals surface area contributed by atoms with Crippen molar-refractivity contribution in [3.05, 3.63) is 86.6 Å². The average Bonchev–Trinajstić information content (AvgIpc) is 2.97. The lowest BCUT2D eigenvalue weighted by atomic mass is 9.94. The number of anilines is 1. The first kappa shape index (κ1) is 26.8. The Morgan fingerprint density at radius 2 is 1.46 bits per heavy atom. The molecule has 206 valence electrons. The molecule has 0 spiro atoms. The molecule has 1 heterocycles. The van der Waals surface area contributed by atoms with Gasteiger partial charge < -0.3 is 15.2 Å². The van der Waals surface area contributed by atoms with E-state index in [9.17, 15) is 14.7 Å². The van der Waals surface area contributed by atoms with Crippen LogP contribution in [0.4, 0.5) is 5.69 Å². The van der Waals surface area contributed by atoms with Crippen LogP contribution in [0.1, 0.15) is 87.4 Å². The van der Waals surface area contributed by atoms with E-state index in [4.69, 9.17) is 9.73 Å². The lowest BCUT2D eigenvalue weighted by Gasteiger charge is -2.29. The highest BCUT2D eigenvalue weighted by atomic mass is 16.5. The molecule has 0 aliphatic heterocycles. The van der Waals surface area contributed by atoms with Gasteiger partial charge >= 0.3 is 5.69 Å². The maximum absolute atomic E-state index is 14.2. The highest BCUT2D eigenvalue weighted by Crippen LogP contribution is 2.32. The van der Waals surface area contributed by atoms with Crippen molar-refractivity contribution in [2.24, 2.45) is 4.99 Å².